The maximum Gasteiger partial charge on any atom is 0.410 e. The van der Waals surface area contributed by atoms with Crippen LogP contribution in [0.5, 0.6) is 0 Å². The Morgan fingerprint density at radius 3 is 2.36 bits per heavy atom. The van der Waals surface area contributed by atoms with Gasteiger partial charge in [-0.05, 0) is 40.7 Å². The first-order valence-electron chi connectivity index (χ1n) is 7.67. The van der Waals surface area contributed by atoms with Gasteiger partial charge in [-0.25, -0.2) is 4.79 Å². The van der Waals surface area contributed by atoms with Crippen molar-refractivity contribution in [3.8, 4) is 0 Å². The summed E-state index contributed by atoms with van der Waals surface area (Å²) >= 11 is 0. The highest BCUT2D eigenvalue weighted by molar-refractivity contribution is 6.79. The number of amides is 2. The van der Waals surface area contributed by atoms with Crippen molar-refractivity contribution in [1.29, 1.82) is 5.41 Å². The number of ether oxygens (including phenoxy) is 1. The second-order valence-corrected chi connectivity index (χ2v) is 13.0. The first kappa shape index (κ1) is 18.7. The van der Waals surface area contributed by atoms with Gasteiger partial charge in [-0.2, -0.15) is 0 Å². The van der Waals surface area contributed by atoms with Gasteiger partial charge in [-0.15, -0.1) is 0 Å². The van der Waals surface area contributed by atoms with E-state index in [1.54, 1.807) is 18.7 Å². The van der Waals surface area contributed by atoms with Crippen molar-refractivity contribution in [2.24, 2.45) is 0 Å². The summed E-state index contributed by atoms with van der Waals surface area (Å²) in [6, 6.07) is -0.0846. The molecule has 2 amide bonds. The lowest BCUT2D eigenvalue weighted by Crippen LogP contribution is -2.50. The zero-order chi connectivity index (χ0) is 17.3. The largest absolute Gasteiger partial charge is 0.444 e. The minimum Gasteiger partial charge on any atom is -0.444 e. The lowest BCUT2D eigenvalue weighted by molar-refractivity contribution is -0.125. The number of hydrogen-bond acceptors (Lipinski definition) is 4. The van der Waals surface area contributed by atoms with Crippen molar-refractivity contribution >= 4 is 25.8 Å². The predicted octanol–water partition coefficient (Wildman–Crippen LogP) is 2.40. The fourth-order valence-corrected chi connectivity index (χ4v) is 5.29. The Morgan fingerprint density at radius 2 is 1.91 bits per heavy atom. The van der Waals surface area contributed by atoms with Crippen LogP contribution >= 0.6 is 0 Å². The van der Waals surface area contributed by atoms with Gasteiger partial charge in [0.25, 0.3) is 0 Å². The lowest BCUT2D eigenvalue weighted by Gasteiger charge is -2.29. The maximum atomic E-state index is 12.5. The Morgan fingerprint density at radius 1 is 1.36 bits per heavy atom. The van der Waals surface area contributed by atoms with E-state index >= 15 is 0 Å². The van der Waals surface area contributed by atoms with Crippen LogP contribution in [0.3, 0.4) is 0 Å². The SMILES string of the molecule is CC(=N)C(C)NC(=O)C1C[Si](C)(C)CN1C(=O)OC(C)(C)C. The van der Waals surface area contributed by atoms with Gasteiger partial charge < -0.3 is 15.5 Å². The lowest BCUT2D eigenvalue weighted by atomic mass is 10.2. The van der Waals surface area contributed by atoms with Crippen molar-refractivity contribution in [3.63, 3.8) is 0 Å². The molecule has 1 saturated heterocycles. The molecule has 22 heavy (non-hydrogen) atoms. The van der Waals surface area contributed by atoms with Gasteiger partial charge >= 0.3 is 6.09 Å². The topological polar surface area (TPSA) is 82.5 Å². The van der Waals surface area contributed by atoms with Gasteiger partial charge in [0.15, 0.2) is 0 Å². The Kier molecular flexibility index (Phi) is 5.43. The van der Waals surface area contributed by atoms with Gasteiger partial charge in [0.1, 0.15) is 11.6 Å². The number of rotatable bonds is 3. The van der Waals surface area contributed by atoms with Gasteiger partial charge in [0, 0.05) is 11.9 Å². The van der Waals surface area contributed by atoms with Gasteiger partial charge in [-0.1, -0.05) is 13.1 Å². The molecular weight excluding hydrogens is 298 g/mol. The van der Waals surface area contributed by atoms with E-state index in [9.17, 15) is 9.59 Å². The summed E-state index contributed by atoms with van der Waals surface area (Å²) in [4.78, 5) is 26.4. The summed E-state index contributed by atoms with van der Waals surface area (Å²) in [6.07, 6.45) is 0.197. The molecule has 1 aliphatic heterocycles. The predicted molar refractivity (Wildman–Crippen MR) is 90.0 cm³/mol. The molecule has 0 spiro atoms. The number of hydrogen-bond donors (Lipinski definition) is 2. The summed E-state index contributed by atoms with van der Waals surface area (Å²) < 4.78 is 5.43. The van der Waals surface area contributed by atoms with E-state index in [0.717, 1.165) is 6.04 Å². The minimum atomic E-state index is -1.63. The molecule has 0 bridgehead atoms. The van der Waals surface area contributed by atoms with E-state index in [0.29, 0.717) is 11.9 Å². The normalized spacial score (nSPS) is 22.1. The van der Waals surface area contributed by atoms with Crippen molar-refractivity contribution in [2.45, 2.75) is 71.4 Å². The zero-order valence-corrected chi connectivity index (χ0v) is 15.7. The first-order chi connectivity index (χ1) is 9.82. The van der Waals surface area contributed by atoms with E-state index in [1.165, 1.54) is 0 Å². The van der Waals surface area contributed by atoms with Crippen LogP contribution in [0.4, 0.5) is 4.79 Å². The summed E-state index contributed by atoms with van der Waals surface area (Å²) in [5.41, 5.74) is -0.183. The third kappa shape index (κ3) is 5.12. The third-order valence-electron chi connectivity index (χ3n) is 3.66. The Bertz CT molecular complexity index is 471. The van der Waals surface area contributed by atoms with Crippen LogP contribution in [-0.2, 0) is 9.53 Å². The molecule has 1 heterocycles. The fraction of sp³-hybridized carbons (Fsp3) is 0.800. The quantitative estimate of drug-likeness (QED) is 0.617. The van der Waals surface area contributed by atoms with E-state index in [4.69, 9.17) is 10.1 Å². The average molecular weight is 328 g/mol. The zero-order valence-electron chi connectivity index (χ0n) is 14.7. The monoisotopic (exact) mass is 327 g/mol. The van der Waals surface area contributed by atoms with E-state index in [2.05, 4.69) is 18.4 Å². The molecular formula is C15H29N3O3Si. The van der Waals surface area contributed by atoms with Crippen molar-refractivity contribution in [3.05, 3.63) is 0 Å². The van der Waals surface area contributed by atoms with E-state index < -0.39 is 25.8 Å². The fourth-order valence-electron chi connectivity index (χ4n) is 2.43. The summed E-state index contributed by atoms with van der Waals surface area (Å²) in [5.74, 6) is -0.192. The Balaban J connectivity index is 2.87. The van der Waals surface area contributed by atoms with Crippen LogP contribution in [0.25, 0.3) is 0 Å². The maximum absolute atomic E-state index is 12.5. The summed E-state index contributed by atoms with van der Waals surface area (Å²) in [6.45, 7) is 13.2. The molecule has 6 nitrogen and oxygen atoms in total. The molecule has 0 aliphatic carbocycles. The van der Waals surface area contributed by atoms with E-state index in [-0.39, 0.29) is 11.9 Å². The molecule has 0 radical (unpaired) electrons. The number of nitrogens with zero attached hydrogens (tertiary/aromatic N) is 1. The molecule has 0 saturated carbocycles. The number of carbonyl (C=O) groups is 2. The standard InChI is InChI=1S/C15H29N3O3Si/c1-10(16)11(2)17-13(19)12-8-22(6,7)9-18(12)14(20)21-15(3,4)5/h11-12,16H,8-9H2,1-7H3,(H,17,19). The van der Waals surface area contributed by atoms with Crippen LogP contribution in [0, 0.1) is 5.41 Å². The highest BCUT2D eigenvalue weighted by atomic mass is 28.3. The number of nitrogens with one attached hydrogen (secondary N) is 2. The average Bonchev–Trinajstić information content (AvgIpc) is 2.63. The summed E-state index contributed by atoms with van der Waals surface area (Å²) in [7, 11) is -1.63. The second kappa shape index (κ2) is 6.40. The Hall–Kier alpha value is -1.37. The molecule has 1 rings (SSSR count). The second-order valence-electron chi connectivity index (χ2n) is 7.91. The van der Waals surface area contributed by atoms with Gasteiger partial charge in [0.05, 0.1) is 14.1 Å². The van der Waals surface area contributed by atoms with E-state index in [1.807, 2.05) is 20.8 Å². The van der Waals surface area contributed by atoms with Crippen molar-refractivity contribution in [1.82, 2.24) is 10.2 Å². The van der Waals surface area contributed by atoms with Crippen LogP contribution in [0.2, 0.25) is 19.1 Å². The van der Waals surface area contributed by atoms with Crippen LogP contribution in [-0.4, -0.2) is 54.5 Å². The van der Waals surface area contributed by atoms with Gasteiger partial charge in [0.2, 0.25) is 5.91 Å². The smallest absolute Gasteiger partial charge is 0.410 e. The summed E-state index contributed by atoms with van der Waals surface area (Å²) in [5, 5.41) is 10.4. The molecule has 1 aliphatic rings. The molecule has 2 N–H and O–H groups in total. The van der Waals surface area contributed by atoms with Crippen molar-refractivity contribution < 1.29 is 14.3 Å². The molecule has 7 heteroatoms. The molecule has 0 aromatic rings. The molecule has 2 unspecified atom stereocenters. The van der Waals surface area contributed by atoms with Gasteiger partial charge in [-0.3, -0.25) is 9.69 Å². The molecule has 2 atom stereocenters. The Labute approximate surface area is 134 Å². The molecule has 126 valence electrons. The van der Waals surface area contributed by atoms with Crippen LogP contribution in [0.15, 0.2) is 0 Å². The van der Waals surface area contributed by atoms with Crippen LogP contribution < -0.4 is 5.32 Å². The molecule has 0 aromatic carbocycles. The highest BCUT2D eigenvalue weighted by Crippen LogP contribution is 2.28. The van der Waals surface area contributed by atoms with Crippen LogP contribution in [0.1, 0.15) is 34.6 Å². The first-order valence-corrected chi connectivity index (χ1v) is 11.1. The molecule has 0 aromatic heterocycles. The molecule has 1 fully saturated rings. The van der Waals surface area contributed by atoms with Crippen molar-refractivity contribution in [2.75, 3.05) is 6.17 Å². The number of carbonyl (C=O) groups excluding carboxylic acids is 2. The third-order valence-corrected chi connectivity index (χ3v) is 6.35. The minimum absolute atomic E-state index is 0.192. The highest BCUT2D eigenvalue weighted by Gasteiger charge is 2.46.